The third-order valence-electron chi connectivity index (χ3n) is 1.58. The molecular formula is C12H23AlO. The number of hydrogen-bond acceptors (Lipinski definition) is 1. The molecule has 0 aromatic carbocycles. The van der Waals surface area contributed by atoms with Crippen LogP contribution < -0.4 is 0 Å². The van der Waals surface area contributed by atoms with Crippen LogP contribution in [0, 0.1) is 10.7 Å². The normalized spacial score (nSPS) is 13.0. The van der Waals surface area contributed by atoms with Crippen LogP contribution in [-0.4, -0.2) is 25.9 Å². The van der Waals surface area contributed by atoms with Crippen molar-refractivity contribution in [2.75, 3.05) is 0 Å². The van der Waals surface area contributed by atoms with Crippen molar-refractivity contribution in [2.24, 2.45) is 0 Å². The Morgan fingerprint density at radius 2 is 1.86 bits per heavy atom. The summed E-state index contributed by atoms with van der Waals surface area (Å²) in [6.45, 7) is 8.44. The van der Waals surface area contributed by atoms with Gasteiger partial charge in [0.25, 0.3) is 0 Å². The van der Waals surface area contributed by atoms with Gasteiger partial charge in [-0.05, 0) is 27.2 Å². The molecule has 0 amide bonds. The van der Waals surface area contributed by atoms with Gasteiger partial charge in [-0.1, -0.05) is 30.8 Å². The molecule has 14 heavy (non-hydrogen) atoms. The first-order valence-corrected chi connectivity index (χ1v) is 8.42. The SMILES string of the molecule is CCCC(C#[C][Al]([CH3])[CH3])OC(C)(C)C. The summed E-state index contributed by atoms with van der Waals surface area (Å²) in [6.07, 6.45) is 2.32. The topological polar surface area (TPSA) is 9.23 Å². The predicted molar refractivity (Wildman–Crippen MR) is 64.8 cm³/mol. The minimum atomic E-state index is -0.761. The van der Waals surface area contributed by atoms with E-state index in [1.165, 1.54) is 0 Å². The van der Waals surface area contributed by atoms with Crippen LogP contribution in [0.25, 0.3) is 0 Å². The van der Waals surface area contributed by atoms with Gasteiger partial charge in [0, 0.05) is 0 Å². The van der Waals surface area contributed by atoms with Crippen molar-refractivity contribution in [2.45, 2.75) is 63.8 Å². The minimum Gasteiger partial charge on any atom is -0.360 e. The summed E-state index contributed by atoms with van der Waals surface area (Å²) in [5, 5.41) is 0. The molecule has 0 rings (SSSR count). The average Bonchev–Trinajstić information content (AvgIpc) is 1.98. The minimum absolute atomic E-state index is 0.0763. The van der Waals surface area contributed by atoms with Crippen LogP contribution in [-0.2, 0) is 4.74 Å². The fraction of sp³-hybridized carbons (Fsp3) is 0.833. The van der Waals surface area contributed by atoms with E-state index in [0.29, 0.717) is 0 Å². The van der Waals surface area contributed by atoms with Crippen molar-refractivity contribution in [1.29, 1.82) is 0 Å². The molecule has 0 radical (unpaired) electrons. The van der Waals surface area contributed by atoms with E-state index in [4.69, 9.17) is 4.74 Å². The van der Waals surface area contributed by atoms with Crippen LogP contribution in [0.15, 0.2) is 0 Å². The van der Waals surface area contributed by atoms with E-state index in [2.05, 4.69) is 50.0 Å². The van der Waals surface area contributed by atoms with E-state index in [9.17, 15) is 0 Å². The lowest BCUT2D eigenvalue weighted by molar-refractivity contribution is -0.0367. The number of ether oxygens (including phenoxy) is 1. The molecule has 0 aliphatic carbocycles. The largest absolute Gasteiger partial charge is 0.369 e. The van der Waals surface area contributed by atoms with Gasteiger partial charge in [0.2, 0.25) is 0 Å². The second-order valence-corrected chi connectivity index (χ2v) is 7.55. The van der Waals surface area contributed by atoms with Crippen molar-refractivity contribution in [3.63, 3.8) is 0 Å². The summed E-state index contributed by atoms with van der Waals surface area (Å²) >= 11 is -0.761. The van der Waals surface area contributed by atoms with Crippen LogP contribution >= 0.6 is 0 Å². The van der Waals surface area contributed by atoms with Gasteiger partial charge in [-0.2, -0.15) is 0 Å². The molecule has 0 saturated carbocycles. The van der Waals surface area contributed by atoms with E-state index in [0.717, 1.165) is 12.8 Å². The first-order chi connectivity index (χ1) is 6.35. The van der Waals surface area contributed by atoms with E-state index in [-0.39, 0.29) is 11.7 Å². The molecule has 1 atom stereocenters. The second kappa shape index (κ2) is 6.52. The quantitative estimate of drug-likeness (QED) is 0.513. The van der Waals surface area contributed by atoms with Gasteiger partial charge in [-0.3, -0.25) is 0 Å². The summed E-state index contributed by atoms with van der Waals surface area (Å²) in [7, 11) is 0. The third kappa shape index (κ3) is 8.64. The zero-order valence-electron chi connectivity index (χ0n) is 10.5. The monoisotopic (exact) mass is 210 g/mol. The van der Waals surface area contributed by atoms with Gasteiger partial charge in [0.1, 0.15) is 6.10 Å². The van der Waals surface area contributed by atoms with Gasteiger partial charge >= 0.3 is 14.1 Å². The second-order valence-electron chi connectivity index (χ2n) is 4.95. The van der Waals surface area contributed by atoms with E-state index < -0.39 is 14.1 Å². The zero-order chi connectivity index (χ0) is 11.2. The molecule has 0 aromatic rings. The summed E-state index contributed by atoms with van der Waals surface area (Å²) in [6, 6.07) is 0. The fourth-order valence-corrected chi connectivity index (χ4v) is 1.63. The van der Waals surface area contributed by atoms with Crippen LogP contribution in [0.1, 0.15) is 40.5 Å². The van der Waals surface area contributed by atoms with E-state index in [1.807, 2.05) is 0 Å². The molecule has 0 N–H and O–H groups in total. The average molecular weight is 210 g/mol. The van der Waals surface area contributed by atoms with Crippen LogP contribution in [0.4, 0.5) is 0 Å². The van der Waals surface area contributed by atoms with Gasteiger partial charge in [0.05, 0.1) is 5.60 Å². The Morgan fingerprint density at radius 3 is 2.21 bits per heavy atom. The van der Waals surface area contributed by atoms with Crippen LogP contribution in [0.2, 0.25) is 11.6 Å². The van der Waals surface area contributed by atoms with Gasteiger partial charge < -0.3 is 4.74 Å². The van der Waals surface area contributed by atoms with E-state index >= 15 is 0 Å². The smallest absolute Gasteiger partial charge is 0.360 e. The first kappa shape index (κ1) is 14.1. The molecule has 0 spiro atoms. The molecule has 0 heterocycles. The molecule has 1 nitrogen and oxygen atoms in total. The Morgan fingerprint density at radius 1 is 1.29 bits per heavy atom. The number of rotatable bonds is 3. The van der Waals surface area contributed by atoms with Gasteiger partial charge in [-0.25, -0.2) is 4.78 Å². The number of hydrogen-bond donors (Lipinski definition) is 0. The molecule has 0 fully saturated rings. The molecule has 2 heteroatoms. The lowest BCUT2D eigenvalue weighted by Crippen LogP contribution is -2.26. The Labute approximate surface area is 93.6 Å². The molecule has 0 saturated heterocycles. The molecule has 80 valence electrons. The lowest BCUT2D eigenvalue weighted by Gasteiger charge is -2.24. The molecule has 0 bridgehead atoms. The summed E-state index contributed by atoms with van der Waals surface area (Å²) < 4.78 is 5.88. The first-order valence-electron chi connectivity index (χ1n) is 5.54. The van der Waals surface area contributed by atoms with Crippen molar-refractivity contribution in [3.8, 4) is 10.7 Å². The highest BCUT2D eigenvalue weighted by molar-refractivity contribution is 6.64. The van der Waals surface area contributed by atoms with Gasteiger partial charge in [0.15, 0.2) is 0 Å². The standard InChI is InChI=1S/C10H17O.2CH3.Al/c1-6-8-9(7-2)11-10(3,4)5;;;/h9H,6,8H2,1,3-5H3;2*1H3;. The molecule has 1 unspecified atom stereocenters. The maximum atomic E-state index is 5.88. The Bertz CT molecular complexity index is 205. The highest BCUT2D eigenvalue weighted by Gasteiger charge is 2.16. The Balaban J connectivity index is 4.25. The van der Waals surface area contributed by atoms with Gasteiger partial charge in [-0.15, -0.1) is 0 Å². The summed E-state index contributed by atoms with van der Waals surface area (Å²) in [5.41, 5.74) is -0.0763. The fourth-order valence-electron chi connectivity index (χ4n) is 1.11. The van der Waals surface area contributed by atoms with Crippen molar-refractivity contribution < 1.29 is 4.74 Å². The van der Waals surface area contributed by atoms with Crippen LogP contribution in [0.5, 0.6) is 0 Å². The zero-order valence-corrected chi connectivity index (χ0v) is 11.6. The van der Waals surface area contributed by atoms with Crippen LogP contribution in [0.3, 0.4) is 0 Å². The molecule has 0 aromatic heterocycles. The summed E-state index contributed by atoms with van der Waals surface area (Å²) in [4.78, 5) is 3.32. The summed E-state index contributed by atoms with van der Waals surface area (Å²) in [5.74, 6) is 7.75. The van der Waals surface area contributed by atoms with Crippen molar-refractivity contribution >= 4 is 14.1 Å². The third-order valence-corrected chi connectivity index (χ3v) is 2.32. The maximum absolute atomic E-state index is 5.88. The van der Waals surface area contributed by atoms with E-state index in [1.54, 1.807) is 0 Å². The van der Waals surface area contributed by atoms with Crippen molar-refractivity contribution in [3.05, 3.63) is 0 Å². The van der Waals surface area contributed by atoms with Crippen molar-refractivity contribution in [1.82, 2.24) is 0 Å². The Hall–Kier alpha value is 0.0525. The lowest BCUT2D eigenvalue weighted by atomic mass is 10.1. The Kier molecular flexibility index (Phi) is 6.54. The molecule has 0 aliphatic rings. The maximum Gasteiger partial charge on any atom is 0.369 e. The highest BCUT2D eigenvalue weighted by Crippen LogP contribution is 2.13. The molecular weight excluding hydrogens is 187 g/mol. The predicted octanol–water partition coefficient (Wildman–Crippen LogP) is 3.27. The highest BCUT2D eigenvalue weighted by atomic mass is 27.2. The molecule has 0 aliphatic heterocycles.